The lowest BCUT2D eigenvalue weighted by atomic mass is 10.0. The van der Waals surface area contributed by atoms with Gasteiger partial charge in [0, 0.05) is 0 Å². The molecule has 11 heavy (non-hydrogen) atoms. The van der Waals surface area contributed by atoms with Crippen molar-refractivity contribution in [1.82, 2.24) is 0 Å². The summed E-state index contributed by atoms with van der Waals surface area (Å²) in [6.45, 7) is 8.49. The largest absolute Gasteiger partial charge is 0.330 e. The average molecular weight is 151 g/mol. The summed E-state index contributed by atoms with van der Waals surface area (Å²) >= 11 is 0. The molecule has 0 bridgehead atoms. The molecule has 1 heteroatoms. The molecule has 0 spiro atoms. The normalized spacial score (nSPS) is 15.4. The van der Waals surface area contributed by atoms with Gasteiger partial charge in [-0.1, -0.05) is 37.8 Å². The van der Waals surface area contributed by atoms with Crippen LogP contribution in [0.15, 0.2) is 36.5 Å². The van der Waals surface area contributed by atoms with Gasteiger partial charge in [0.2, 0.25) is 0 Å². The van der Waals surface area contributed by atoms with Gasteiger partial charge >= 0.3 is 0 Å². The average Bonchev–Trinajstić information content (AvgIpc) is 2.05. The highest BCUT2D eigenvalue weighted by atomic mass is 14.5. The van der Waals surface area contributed by atoms with E-state index in [1.54, 1.807) is 0 Å². The number of rotatable bonds is 4. The van der Waals surface area contributed by atoms with E-state index in [2.05, 4.69) is 13.5 Å². The first-order valence-corrected chi connectivity index (χ1v) is 3.91. The van der Waals surface area contributed by atoms with Crippen LogP contribution in [-0.2, 0) is 0 Å². The molecule has 0 amide bonds. The standard InChI is InChI=1S/C10H17N/c1-4-6-7-10(5-2)9(3)8-11/h4-7,9H,2,8,11H2,1,3H3/b6-4-,10-7+/t9-/m0/s1. The van der Waals surface area contributed by atoms with Crippen LogP contribution in [-0.4, -0.2) is 6.54 Å². The fraction of sp³-hybridized carbons (Fsp3) is 0.400. The molecule has 0 aromatic rings. The molecule has 0 aliphatic carbocycles. The molecule has 2 N–H and O–H groups in total. The van der Waals surface area contributed by atoms with E-state index in [0.29, 0.717) is 12.5 Å². The first kappa shape index (κ1) is 10.2. The molecular weight excluding hydrogens is 134 g/mol. The predicted octanol–water partition coefficient (Wildman–Crippen LogP) is 2.27. The number of hydrogen-bond acceptors (Lipinski definition) is 1. The van der Waals surface area contributed by atoms with E-state index in [0.717, 1.165) is 0 Å². The van der Waals surface area contributed by atoms with Crippen LogP contribution in [0.1, 0.15) is 13.8 Å². The third-order valence-corrected chi connectivity index (χ3v) is 1.64. The van der Waals surface area contributed by atoms with Gasteiger partial charge in [-0.2, -0.15) is 0 Å². The Labute approximate surface area is 69.3 Å². The second kappa shape index (κ2) is 5.93. The van der Waals surface area contributed by atoms with E-state index >= 15 is 0 Å². The van der Waals surface area contributed by atoms with Gasteiger partial charge in [-0.05, 0) is 25.0 Å². The maximum absolute atomic E-state index is 5.51. The molecule has 0 aromatic carbocycles. The van der Waals surface area contributed by atoms with Crippen LogP contribution in [0.4, 0.5) is 0 Å². The summed E-state index contributed by atoms with van der Waals surface area (Å²) < 4.78 is 0. The Morgan fingerprint density at radius 3 is 2.64 bits per heavy atom. The monoisotopic (exact) mass is 151 g/mol. The maximum atomic E-state index is 5.51. The topological polar surface area (TPSA) is 26.0 Å². The van der Waals surface area contributed by atoms with Crippen molar-refractivity contribution in [3.05, 3.63) is 36.5 Å². The molecule has 0 saturated carbocycles. The molecule has 0 aromatic heterocycles. The van der Waals surface area contributed by atoms with Crippen molar-refractivity contribution in [3.63, 3.8) is 0 Å². The van der Waals surface area contributed by atoms with E-state index in [9.17, 15) is 0 Å². The van der Waals surface area contributed by atoms with E-state index in [-0.39, 0.29) is 0 Å². The zero-order valence-corrected chi connectivity index (χ0v) is 7.38. The molecule has 0 rings (SSSR count). The summed E-state index contributed by atoms with van der Waals surface area (Å²) in [7, 11) is 0. The summed E-state index contributed by atoms with van der Waals surface area (Å²) in [5.41, 5.74) is 6.71. The Balaban J connectivity index is 4.25. The lowest BCUT2D eigenvalue weighted by molar-refractivity contribution is 0.710. The summed E-state index contributed by atoms with van der Waals surface area (Å²) in [5, 5.41) is 0. The summed E-state index contributed by atoms with van der Waals surface area (Å²) in [5.74, 6) is 0.406. The second-order valence-corrected chi connectivity index (χ2v) is 2.53. The Kier molecular flexibility index (Phi) is 5.49. The van der Waals surface area contributed by atoms with Crippen LogP contribution in [0.3, 0.4) is 0 Å². The van der Waals surface area contributed by atoms with E-state index in [4.69, 9.17) is 5.73 Å². The molecule has 0 aliphatic heterocycles. The number of hydrogen-bond donors (Lipinski definition) is 1. The first-order valence-electron chi connectivity index (χ1n) is 3.91. The highest BCUT2D eigenvalue weighted by Gasteiger charge is 2.00. The minimum atomic E-state index is 0.406. The van der Waals surface area contributed by atoms with Crippen LogP contribution < -0.4 is 5.73 Å². The zero-order chi connectivity index (χ0) is 8.69. The summed E-state index contributed by atoms with van der Waals surface area (Å²) in [4.78, 5) is 0. The van der Waals surface area contributed by atoms with Crippen LogP contribution in [0.25, 0.3) is 0 Å². The van der Waals surface area contributed by atoms with Gasteiger partial charge < -0.3 is 5.73 Å². The van der Waals surface area contributed by atoms with Gasteiger partial charge in [0.1, 0.15) is 0 Å². The summed E-state index contributed by atoms with van der Waals surface area (Å²) in [6, 6.07) is 0. The van der Waals surface area contributed by atoms with Crippen molar-refractivity contribution in [3.8, 4) is 0 Å². The minimum absolute atomic E-state index is 0.406. The fourth-order valence-corrected chi connectivity index (χ4v) is 0.777. The molecule has 1 atom stereocenters. The van der Waals surface area contributed by atoms with E-state index < -0.39 is 0 Å². The Morgan fingerprint density at radius 1 is 1.64 bits per heavy atom. The van der Waals surface area contributed by atoms with Gasteiger partial charge in [-0.3, -0.25) is 0 Å². The zero-order valence-electron chi connectivity index (χ0n) is 7.38. The Morgan fingerprint density at radius 2 is 2.27 bits per heavy atom. The van der Waals surface area contributed by atoms with Crippen LogP contribution in [0, 0.1) is 5.92 Å². The van der Waals surface area contributed by atoms with Gasteiger partial charge in [0.05, 0.1) is 0 Å². The van der Waals surface area contributed by atoms with Gasteiger partial charge in [-0.25, -0.2) is 0 Å². The maximum Gasteiger partial charge on any atom is -0.00109 e. The highest BCUT2D eigenvalue weighted by Crippen LogP contribution is 2.09. The summed E-state index contributed by atoms with van der Waals surface area (Å²) in [6.07, 6.45) is 7.90. The number of nitrogens with two attached hydrogens (primary N) is 1. The minimum Gasteiger partial charge on any atom is -0.330 e. The van der Waals surface area contributed by atoms with Crippen molar-refractivity contribution in [2.75, 3.05) is 6.54 Å². The molecule has 0 heterocycles. The van der Waals surface area contributed by atoms with Gasteiger partial charge in [0.25, 0.3) is 0 Å². The molecule has 0 aliphatic rings. The third kappa shape index (κ3) is 3.79. The second-order valence-electron chi connectivity index (χ2n) is 2.53. The van der Waals surface area contributed by atoms with Crippen LogP contribution >= 0.6 is 0 Å². The van der Waals surface area contributed by atoms with Crippen LogP contribution in [0.2, 0.25) is 0 Å². The molecule has 0 fully saturated rings. The van der Waals surface area contributed by atoms with Gasteiger partial charge in [0.15, 0.2) is 0 Å². The fourth-order valence-electron chi connectivity index (χ4n) is 0.777. The SMILES string of the molecule is C=C/C(=C\C=C/C)[C@@H](C)CN. The Bertz CT molecular complexity index is 166. The van der Waals surface area contributed by atoms with Crippen LogP contribution in [0.5, 0.6) is 0 Å². The van der Waals surface area contributed by atoms with Crippen molar-refractivity contribution >= 4 is 0 Å². The molecule has 62 valence electrons. The molecule has 1 nitrogen and oxygen atoms in total. The highest BCUT2D eigenvalue weighted by molar-refractivity contribution is 5.24. The Hall–Kier alpha value is -0.820. The van der Waals surface area contributed by atoms with Crippen molar-refractivity contribution in [2.24, 2.45) is 11.7 Å². The number of allylic oxidation sites excluding steroid dienone is 4. The molecule has 0 unspecified atom stereocenters. The lowest BCUT2D eigenvalue weighted by Crippen LogP contribution is -2.11. The van der Waals surface area contributed by atoms with Crippen molar-refractivity contribution in [2.45, 2.75) is 13.8 Å². The van der Waals surface area contributed by atoms with E-state index in [1.807, 2.05) is 31.2 Å². The lowest BCUT2D eigenvalue weighted by Gasteiger charge is -2.07. The molecular formula is C10H17N. The third-order valence-electron chi connectivity index (χ3n) is 1.64. The molecule has 0 saturated heterocycles. The predicted molar refractivity (Wildman–Crippen MR) is 51.3 cm³/mol. The van der Waals surface area contributed by atoms with Crippen molar-refractivity contribution < 1.29 is 0 Å². The van der Waals surface area contributed by atoms with Crippen molar-refractivity contribution in [1.29, 1.82) is 0 Å². The quantitative estimate of drug-likeness (QED) is 0.613. The van der Waals surface area contributed by atoms with E-state index in [1.165, 1.54) is 5.57 Å². The van der Waals surface area contributed by atoms with Gasteiger partial charge in [-0.15, -0.1) is 0 Å². The first-order chi connectivity index (χ1) is 5.26. The molecule has 0 radical (unpaired) electrons. The smallest absolute Gasteiger partial charge is 0.00109 e.